The molecule has 1 rings (SSSR count). The second-order valence-corrected chi connectivity index (χ2v) is 3.42. The van der Waals surface area contributed by atoms with Crippen molar-refractivity contribution in [3.63, 3.8) is 0 Å². The highest BCUT2D eigenvalue weighted by molar-refractivity contribution is 5.77. The number of esters is 1. The van der Waals surface area contributed by atoms with Crippen LogP contribution < -0.4 is 5.73 Å². The molecular weight excluding hydrogens is 190 g/mol. The van der Waals surface area contributed by atoms with Crippen molar-refractivity contribution in [1.82, 2.24) is 0 Å². The van der Waals surface area contributed by atoms with Crippen molar-refractivity contribution >= 4 is 5.97 Å². The van der Waals surface area contributed by atoms with Gasteiger partial charge in [-0.1, -0.05) is 24.3 Å². The van der Waals surface area contributed by atoms with Gasteiger partial charge in [0.05, 0.1) is 12.5 Å². The zero-order chi connectivity index (χ0) is 11.3. The van der Waals surface area contributed by atoms with Crippen molar-refractivity contribution in [2.45, 2.75) is 26.3 Å². The lowest BCUT2D eigenvalue weighted by Gasteiger charge is -2.11. The Labute approximate surface area is 90.2 Å². The quantitative estimate of drug-likeness (QED) is 0.766. The number of rotatable bonds is 4. The van der Waals surface area contributed by atoms with Crippen LogP contribution in [-0.2, 0) is 16.1 Å². The minimum Gasteiger partial charge on any atom is -0.466 e. The first-order valence-corrected chi connectivity index (χ1v) is 5.14. The van der Waals surface area contributed by atoms with Gasteiger partial charge < -0.3 is 10.5 Å². The van der Waals surface area contributed by atoms with E-state index in [-0.39, 0.29) is 11.9 Å². The van der Waals surface area contributed by atoms with E-state index in [0.29, 0.717) is 13.2 Å². The predicted octanol–water partition coefficient (Wildman–Crippen LogP) is 1.81. The Morgan fingerprint density at radius 1 is 1.53 bits per heavy atom. The number of nitrogens with two attached hydrogens (primary N) is 1. The summed E-state index contributed by atoms with van der Waals surface area (Å²) in [7, 11) is 0. The van der Waals surface area contributed by atoms with Crippen molar-refractivity contribution in [2.75, 3.05) is 6.61 Å². The third-order valence-electron chi connectivity index (χ3n) is 2.33. The molecule has 0 aliphatic heterocycles. The van der Waals surface area contributed by atoms with Gasteiger partial charge in [-0.05, 0) is 25.0 Å². The molecule has 0 amide bonds. The number of hydrogen-bond acceptors (Lipinski definition) is 3. The van der Waals surface area contributed by atoms with E-state index in [9.17, 15) is 4.79 Å². The van der Waals surface area contributed by atoms with Crippen molar-refractivity contribution < 1.29 is 9.53 Å². The minimum absolute atomic E-state index is 0.188. The summed E-state index contributed by atoms with van der Waals surface area (Å²) in [5, 5.41) is 0. The molecular formula is C12H17NO2. The molecule has 0 fully saturated rings. The molecule has 1 aromatic carbocycles. The maximum absolute atomic E-state index is 11.5. The molecule has 0 bridgehead atoms. The first-order valence-electron chi connectivity index (χ1n) is 5.14. The molecule has 0 spiro atoms. The summed E-state index contributed by atoms with van der Waals surface area (Å²) in [6.45, 7) is 4.55. The van der Waals surface area contributed by atoms with Crippen LogP contribution in [0.4, 0.5) is 0 Å². The van der Waals surface area contributed by atoms with Gasteiger partial charge in [-0.25, -0.2) is 0 Å². The average molecular weight is 207 g/mol. The predicted molar refractivity (Wildman–Crippen MR) is 59.4 cm³/mol. The van der Waals surface area contributed by atoms with Gasteiger partial charge in [0.1, 0.15) is 0 Å². The average Bonchev–Trinajstić information content (AvgIpc) is 2.28. The summed E-state index contributed by atoms with van der Waals surface area (Å²) >= 11 is 0. The van der Waals surface area contributed by atoms with Crippen LogP contribution in [0.2, 0.25) is 0 Å². The van der Waals surface area contributed by atoms with Crippen LogP contribution in [0, 0.1) is 0 Å². The van der Waals surface area contributed by atoms with Gasteiger partial charge in [-0.2, -0.15) is 0 Å². The van der Waals surface area contributed by atoms with E-state index in [1.54, 1.807) is 6.92 Å². The monoisotopic (exact) mass is 207 g/mol. The van der Waals surface area contributed by atoms with E-state index < -0.39 is 0 Å². The minimum atomic E-state index is -0.226. The van der Waals surface area contributed by atoms with Crippen LogP contribution in [0.5, 0.6) is 0 Å². The highest BCUT2D eigenvalue weighted by atomic mass is 16.5. The third kappa shape index (κ3) is 3.06. The number of benzene rings is 1. The van der Waals surface area contributed by atoms with E-state index in [1.807, 2.05) is 31.2 Å². The molecule has 3 nitrogen and oxygen atoms in total. The zero-order valence-corrected chi connectivity index (χ0v) is 9.19. The highest BCUT2D eigenvalue weighted by Gasteiger charge is 2.15. The van der Waals surface area contributed by atoms with Gasteiger partial charge in [0.2, 0.25) is 0 Å². The van der Waals surface area contributed by atoms with Gasteiger partial charge in [-0.15, -0.1) is 0 Å². The Bertz CT molecular complexity index is 336. The van der Waals surface area contributed by atoms with Crippen LogP contribution in [0.15, 0.2) is 24.3 Å². The summed E-state index contributed by atoms with van der Waals surface area (Å²) in [4.78, 5) is 11.5. The molecule has 1 unspecified atom stereocenters. The van der Waals surface area contributed by atoms with Gasteiger partial charge in [0.15, 0.2) is 0 Å². The molecule has 0 aliphatic carbocycles. The Morgan fingerprint density at radius 2 is 2.27 bits per heavy atom. The van der Waals surface area contributed by atoms with Crippen LogP contribution in [0.1, 0.15) is 30.9 Å². The smallest absolute Gasteiger partial charge is 0.313 e. The second-order valence-electron chi connectivity index (χ2n) is 3.42. The normalized spacial score (nSPS) is 12.2. The topological polar surface area (TPSA) is 52.3 Å². The first-order chi connectivity index (χ1) is 7.19. The fourth-order valence-electron chi connectivity index (χ4n) is 1.39. The van der Waals surface area contributed by atoms with E-state index in [2.05, 4.69) is 0 Å². The van der Waals surface area contributed by atoms with Crippen molar-refractivity contribution in [3.05, 3.63) is 35.4 Å². The summed E-state index contributed by atoms with van der Waals surface area (Å²) in [5.41, 5.74) is 7.52. The standard InChI is InChI=1S/C12H17NO2/c1-3-15-12(14)9(2)11-6-4-5-10(7-11)8-13/h4-7,9H,3,8,13H2,1-2H3. The molecule has 82 valence electrons. The third-order valence-corrected chi connectivity index (χ3v) is 2.33. The SMILES string of the molecule is CCOC(=O)C(C)c1cccc(CN)c1. The van der Waals surface area contributed by atoms with E-state index in [0.717, 1.165) is 11.1 Å². The van der Waals surface area contributed by atoms with Gasteiger partial charge in [0, 0.05) is 6.54 Å². The van der Waals surface area contributed by atoms with Crippen LogP contribution in [0.3, 0.4) is 0 Å². The molecule has 15 heavy (non-hydrogen) atoms. The fraction of sp³-hybridized carbons (Fsp3) is 0.417. The molecule has 0 saturated carbocycles. The molecule has 0 radical (unpaired) electrons. The van der Waals surface area contributed by atoms with Gasteiger partial charge in [0.25, 0.3) is 0 Å². The Balaban J connectivity index is 2.81. The van der Waals surface area contributed by atoms with Crippen molar-refractivity contribution in [3.8, 4) is 0 Å². The molecule has 2 N–H and O–H groups in total. The maximum Gasteiger partial charge on any atom is 0.313 e. The summed E-state index contributed by atoms with van der Waals surface area (Å²) in [6, 6.07) is 7.72. The van der Waals surface area contributed by atoms with Crippen molar-refractivity contribution in [1.29, 1.82) is 0 Å². The highest BCUT2D eigenvalue weighted by Crippen LogP contribution is 2.17. The summed E-state index contributed by atoms with van der Waals surface area (Å²) < 4.78 is 4.96. The van der Waals surface area contributed by atoms with Crippen molar-refractivity contribution in [2.24, 2.45) is 5.73 Å². The van der Waals surface area contributed by atoms with E-state index in [4.69, 9.17) is 10.5 Å². The van der Waals surface area contributed by atoms with E-state index in [1.165, 1.54) is 0 Å². The van der Waals surface area contributed by atoms with E-state index >= 15 is 0 Å². The molecule has 1 atom stereocenters. The Hall–Kier alpha value is -1.35. The Kier molecular flexibility index (Phi) is 4.31. The number of ether oxygens (including phenoxy) is 1. The van der Waals surface area contributed by atoms with Crippen LogP contribution >= 0.6 is 0 Å². The zero-order valence-electron chi connectivity index (χ0n) is 9.19. The first kappa shape index (κ1) is 11.7. The lowest BCUT2D eigenvalue weighted by molar-refractivity contribution is -0.144. The van der Waals surface area contributed by atoms with Crippen LogP contribution in [-0.4, -0.2) is 12.6 Å². The summed E-state index contributed by atoms with van der Waals surface area (Å²) in [5.74, 6) is -0.414. The van der Waals surface area contributed by atoms with Gasteiger partial charge >= 0.3 is 5.97 Å². The second kappa shape index (κ2) is 5.51. The van der Waals surface area contributed by atoms with Gasteiger partial charge in [-0.3, -0.25) is 4.79 Å². The molecule has 0 aromatic heterocycles. The maximum atomic E-state index is 11.5. The fourth-order valence-corrected chi connectivity index (χ4v) is 1.39. The number of hydrogen-bond donors (Lipinski definition) is 1. The molecule has 0 aliphatic rings. The molecule has 0 heterocycles. The molecule has 0 saturated heterocycles. The largest absolute Gasteiger partial charge is 0.466 e. The molecule has 1 aromatic rings. The number of carbonyl (C=O) groups excluding carboxylic acids is 1. The number of carbonyl (C=O) groups is 1. The summed E-state index contributed by atoms with van der Waals surface area (Å²) in [6.07, 6.45) is 0. The Morgan fingerprint density at radius 3 is 2.87 bits per heavy atom. The lowest BCUT2D eigenvalue weighted by atomic mass is 9.99. The molecule has 3 heteroatoms. The van der Waals surface area contributed by atoms with Crippen LogP contribution in [0.25, 0.3) is 0 Å². The lowest BCUT2D eigenvalue weighted by Crippen LogP contribution is -2.13.